The maximum absolute atomic E-state index is 12.4. The molecular weight excluding hydrogens is 344 g/mol. The highest BCUT2D eigenvalue weighted by atomic mass is 16.6. The molecule has 2 atom stereocenters. The van der Waals surface area contributed by atoms with E-state index in [0.29, 0.717) is 24.7 Å². The summed E-state index contributed by atoms with van der Waals surface area (Å²) in [5, 5.41) is 5.71. The zero-order valence-electron chi connectivity index (χ0n) is 15.5. The Hall–Kier alpha value is -3.02. The second-order valence-electron chi connectivity index (χ2n) is 6.67. The predicted octanol–water partition coefficient (Wildman–Crippen LogP) is 2.52. The van der Waals surface area contributed by atoms with E-state index in [4.69, 9.17) is 9.47 Å². The Morgan fingerprint density at radius 1 is 1.11 bits per heavy atom. The van der Waals surface area contributed by atoms with E-state index < -0.39 is 0 Å². The van der Waals surface area contributed by atoms with E-state index in [1.54, 1.807) is 0 Å². The number of amides is 2. The van der Waals surface area contributed by atoms with Crippen LogP contribution in [-0.2, 0) is 9.59 Å². The minimum atomic E-state index is -0.368. The number of carbonyl (C=O) groups excluding carboxylic acids is 2. The smallest absolute Gasteiger partial charge is 0.222 e. The molecule has 0 saturated carbocycles. The molecule has 1 heterocycles. The third-order valence-corrected chi connectivity index (χ3v) is 4.34. The number of para-hydroxylation sites is 2. The second-order valence-corrected chi connectivity index (χ2v) is 6.67. The number of ether oxygens (including phenoxy) is 2. The van der Waals surface area contributed by atoms with Gasteiger partial charge in [0.25, 0.3) is 0 Å². The van der Waals surface area contributed by atoms with Crippen molar-refractivity contribution in [3.05, 3.63) is 59.7 Å². The van der Waals surface area contributed by atoms with Gasteiger partial charge in [-0.3, -0.25) is 9.59 Å². The van der Waals surface area contributed by atoms with Crippen molar-refractivity contribution in [1.82, 2.24) is 10.6 Å². The lowest BCUT2D eigenvalue weighted by Gasteiger charge is -2.27. The average Bonchev–Trinajstić information content (AvgIpc) is 2.66. The minimum Gasteiger partial charge on any atom is -0.486 e. The molecule has 0 radical (unpaired) electrons. The predicted molar refractivity (Wildman–Crippen MR) is 102 cm³/mol. The Kier molecular flexibility index (Phi) is 5.96. The van der Waals surface area contributed by atoms with Gasteiger partial charge in [0.2, 0.25) is 11.8 Å². The fourth-order valence-corrected chi connectivity index (χ4v) is 2.95. The molecule has 2 aromatic carbocycles. The summed E-state index contributed by atoms with van der Waals surface area (Å²) in [5.74, 6) is 1.06. The lowest BCUT2D eigenvalue weighted by molar-refractivity contribution is -0.123. The molecule has 6 heteroatoms. The minimum absolute atomic E-state index is 0.156. The lowest BCUT2D eigenvalue weighted by atomic mass is 10.0. The molecule has 1 aliphatic heterocycles. The Bertz CT molecular complexity index is 804. The van der Waals surface area contributed by atoms with Crippen molar-refractivity contribution in [1.29, 1.82) is 0 Å². The molecule has 6 nitrogen and oxygen atoms in total. The number of nitrogens with one attached hydrogen (secondary N) is 2. The average molecular weight is 368 g/mol. The normalized spacial score (nSPS) is 16.3. The van der Waals surface area contributed by atoms with Crippen LogP contribution in [0.4, 0.5) is 0 Å². The summed E-state index contributed by atoms with van der Waals surface area (Å²) >= 11 is 0. The number of benzene rings is 2. The Labute approximate surface area is 158 Å². The lowest BCUT2D eigenvalue weighted by Crippen LogP contribution is -2.41. The van der Waals surface area contributed by atoms with Crippen LogP contribution < -0.4 is 20.1 Å². The van der Waals surface area contributed by atoms with Crippen LogP contribution in [0.25, 0.3) is 0 Å². The third-order valence-electron chi connectivity index (χ3n) is 4.34. The fourth-order valence-electron chi connectivity index (χ4n) is 2.95. The Morgan fingerprint density at radius 3 is 2.52 bits per heavy atom. The van der Waals surface area contributed by atoms with Gasteiger partial charge < -0.3 is 20.1 Å². The van der Waals surface area contributed by atoms with Gasteiger partial charge in [0, 0.05) is 6.92 Å². The molecule has 2 unspecified atom stereocenters. The first-order valence-corrected chi connectivity index (χ1v) is 9.00. The number of carbonyl (C=O) groups is 2. The van der Waals surface area contributed by atoms with Crippen LogP contribution in [-0.4, -0.2) is 31.1 Å². The van der Waals surface area contributed by atoms with Crippen molar-refractivity contribution in [3.8, 4) is 11.5 Å². The van der Waals surface area contributed by atoms with Crippen LogP contribution in [0.15, 0.2) is 48.5 Å². The topological polar surface area (TPSA) is 76.7 Å². The highest BCUT2D eigenvalue weighted by molar-refractivity contribution is 5.79. The van der Waals surface area contributed by atoms with E-state index >= 15 is 0 Å². The van der Waals surface area contributed by atoms with E-state index in [9.17, 15) is 9.59 Å². The van der Waals surface area contributed by atoms with Gasteiger partial charge in [-0.05, 0) is 24.6 Å². The molecule has 142 valence electrons. The zero-order chi connectivity index (χ0) is 19.2. The van der Waals surface area contributed by atoms with Crippen molar-refractivity contribution >= 4 is 11.8 Å². The summed E-state index contributed by atoms with van der Waals surface area (Å²) in [6.45, 7) is 4.16. The van der Waals surface area contributed by atoms with E-state index in [-0.39, 0.29) is 30.4 Å². The number of hydrogen-bond donors (Lipinski definition) is 2. The van der Waals surface area contributed by atoms with E-state index in [1.165, 1.54) is 6.92 Å². The van der Waals surface area contributed by atoms with Crippen molar-refractivity contribution in [2.75, 3.05) is 13.2 Å². The monoisotopic (exact) mass is 368 g/mol. The molecule has 0 bridgehead atoms. The Balaban J connectivity index is 1.55. The quantitative estimate of drug-likeness (QED) is 0.821. The molecule has 2 amide bonds. The second kappa shape index (κ2) is 8.58. The van der Waals surface area contributed by atoms with Crippen LogP contribution in [0.2, 0.25) is 0 Å². The molecule has 0 spiro atoms. The standard InChI is InChI=1S/C21H24N2O4/c1-14-7-9-16(10-8-14)18(23-15(2)24)11-21(25)22-12-17-13-26-19-5-3-4-6-20(19)27-17/h3-10,17-18H,11-13H2,1-2H3,(H,22,25)(H,23,24). The van der Waals surface area contributed by atoms with Crippen molar-refractivity contribution in [2.45, 2.75) is 32.4 Å². The maximum Gasteiger partial charge on any atom is 0.222 e. The highest BCUT2D eigenvalue weighted by Crippen LogP contribution is 2.30. The van der Waals surface area contributed by atoms with Crippen LogP contribution in [0.1, 0.15) is 30.5 Å². The number of aryl methyl sites for hydroxylation is 1. The largest absolute Gasteiger partial charge is 0.486 e. The first kappa shape index (κ1) is 18.8. The maximum atomic E-state index is 12.4. The van der Waals surface area contributed by atoms with Gasteiger partial charge in [-0.25, -0.2) is 0 Å². The van der Waals surface area contributed by atoms with Gasteiger partial charge in [-0.15, -0.1) is 0 Å². The summed E-state index contributed by atoms with van der Waals surface area (Å²) in [6.07, 6.45) is -0.0882. The SMILES string of the molecule is CC(=O)NC(CC(=O)NCC1COc2ccccc2O1)c1ccc(C)cc1. The molecule has 0 fully saturated rings. The van der Waals surface area contributed by atoms with Crippen molar-refractivity contribution in [2.24, 2.45) is 0 Å². The fraction of sp³-hybridized carbons (Fsp3) is 0.333. The van der Waals surface area contributed by atoms with Gasteiger partial charge in [0.05, 0.1) is 19.0 Å². The first-order chi connectivity index (χ1) is 13.0. The van der Waals surface area contributed by atoms with E-state index in [2.05, 4.69) is 10.6 Å². The summed E-state index contributed by atoms with van der Waals surface area (Å²) in [7, 11) is 0. The molecule has 2 aromatic rings. The van der Waals surface area contributed by atoms with Crippen LogP contribution in [0, 0.1) is 6.92 Å². The molecule has 0 aromatic heterocycles. The third kappa shape index (κ3) is 5.23. The van der Waals surface area contributed by atoms with Crippen LogP contribution >= 0.6 is 0 Å². The molecular formula is C21H24N2O4. The summed E-state index contributed by atoms with van der Waals surface area (Å²) in [5.41, 5.74) is 2.02. The van der Waals surface area contributed by atoms with Gasteiger partial charge in [-0.2, -0.15) is 0 Å². The van der Waals surface area contributed by atoms with Crippen LogP contribution in [0.3, 0.4) is 0 Å². The van der Waals surface area contributed by atoms with E-state index in [1.807, 2.05) is 55.5 Å². The van der Waals surface area contributed by atoms with Gasteiger partial charge in [0.15, 0.2) is 11.5 Å². The molecule has 0 saturated heterocycles. The van der Waals surface area contributed by atoms with Crippen molar-refractivity contribution < 1.29 is 19.1 Å². The van der Waals surface area contributed by atoms with E-state index in [0.717, 1.165) is 11.1 Å². The highest BCUT2D eigenvalue weighted by Gasteiger charge is 2.22. The molecule has 27 heavy (non-hydrogen) atoms. The summed E-state index contributed by atoms with van der Waals surface area (Å²) in [4.78, 5) is 23.9. The molecule has 0 aliphatic carbocycles. The summed E-state index contributed by atoms with van der Waals surface area (Å²) in [6, 6.07) is 14.9. The summed E-state index contributed by atoms with van der Waals surface area (Å²) < 4.78 is 11.5. The molecule has 3 rings (SSSR count). The first-order valence-electron chi connectivity index (χ1n) is 9.00. The number of hydrogen-bond acceptors (Lipinski definition) is 4. The molecule has 2 N–H and O–H groups in total. The zero-order valence-corrected chi connectivity index (χ0v) is 15.5. The molecule has 1 aliphatic rings. The van der Waals surface area contributed by atoms with Gasteiger partial charge >= 0.3 is 0 Å². The van der Waals surface area contributed by atoms with Crippen LogP contribution in [0.5, 0.6) is 11.5 Å². The number of fused-ring (bicyclic) bond motifs is 1. The van der Waals surface area contributed by atoms with Gasteiger partial charge in [-0.1, -0.05) is 42.0 Å². The Morgan fingerprint density at radius 2 is 1.81 bits per heavy atom. The number of rotatable bonds is 6. The van der Waals surface area contributed by atoms with Gasteiger partial charge in [0.1, 0.15) is 12.7 Å². The van der Waals surface area contributed by atoms with Crippen molar-refractivity contribution in [3.63, 3.8) is 0 Å².